The van der Waals surface area contributed by atoms with Gasteiger partial charge in [-0.1, -0.05) is 13.0 Å². The first-order valence-electron chi connectivity index (χ1n) is 10.2. The molecule has 4 rings (SSSR count). The van der Waals surface area contributed by atoms with Gasteiger partial charge in [-0.15, -0.1) is 0 Å². The van der Waals surface area contributed by atoms with Crippen LogP contribution in [0.25, 0.3) is 0 Å². The highest BCUT2D eigenvalue weighted by Crippen LogP contribution is 2.39. The molecule has 8 heteroatoms. The number of carbonyl (C=O) groups is 1. The van der Waals surface area contributed by atoms with Crippen molar-refractivity contribution >= 4 is 11.9 Å². The Morgan fingerprint density at radius 3 is 2.83 bits per heavy atom. The van der Waals surface area contributed by atoms with Gasteiger partial charge in [0, 0.05) is 19.6 Å². The van der Waals surface area contributed by atoms with Crippen molar-refractivity contribution in [1.29, 1.82) is 0 Å². The maximum absolute atomic E-state index is 11.7. The topological polar surface area (TPSA) is 89.7 Å². The van der Waals surface area contributed by atoms with Gasteiger partial charge in [-0.2, -0.15) is 10.1 Å². The molecule has 0 spiro atoms. The zero-order valence-corrected chi connectivity index (χ0v) is 16.9. The Morgan fingerprint density at radius 2 is 2.07 bits per heavy atom. The standard InChI is InChI=1S/C21H28N4O4/c1-3-7-25-21(22-13-23-25)24-11-15-9-18(26)19(10-16(15)12-24)29-17-6-4-5-14(8-17)20(27)28-2/h4-6,8,13,15-16,18-19,26H,3,7,9-12H2,1-2H3/t15-,16+,18+,19+/m0/s1. The van der Waals surface area contributed by atoms with E-state index in [0.717, 1.165) is 38.4 Å². The highest BCUT2D eigenvalue weighted by Gasteiger charge is 2.43. The first-order valence-corrected chi connectivity index (χ1v) is 10.2. The Morgan fingerprint density at radius 1 is 1.28 bits per heavy atom. The second-order valence-electron chi connectivity index (χ2n) is 7.92. The van der Waals surface area contributed by atoms with E-state index in [9.17, 15) is 9.90 Å². The van der Waals surface area contributed by atoms with Crippen LogP contribution in [0.15, 0.2) is 30.6 Å². The van der Waals surface area contributed by atoms with Gasteiger partial charge in [0.15, 0.2) is 0 Å². The molecule has 2 aliphatic rings. The number of carbonyl (C=O) groups excluding carboxylic acids is 1. The first kappa shape index (κ1) is 19.7. The van der Waals surface area contributed by atoms with Crippen LogP contribution < -0.4 is 9.64 Å². The third kappa shape index (κ3) is 4.07. The molecule has 8 nitrogen and oxygen atoms in total. The minimum Gasteiger partial charge on any atom is -0.488 e. The van der Waals surface area contributed by atoms with Crippen LogP contribution in [-0.2, 0) is 11.3 Å². The fourth-order valence-electron chi connectivity index (χ4n) is 4.54. The average Bonchev–Trinajstić information content (AvgIpc) is 3.34. The van der Waals surface area contributed by atoms with E-state index < -0.39 is 12.1 Å². The lowest BCUT2D eigenvalue weighted by Gasteiger charge is -2.35. The minimum atomic E-state index is -0.536. The van der Waals surface area contributed by atoms with Crippen LogP contribution in [0.4, 0.5) is 5.95 Å². The highest BCUT2D eigenvalue weighted by atomic mass is 16.5. The number of aromatic nitrogens is 3. The zero-order chi connectivity index (χ0) is 20.4. The Kier molecular flexibility index (Phi) is 5.71. The molecule has 0 unspecified atom stereocenters. The van der Waals surface area contributed by atoms with E-state index in [2.05, 4.69) is 21.9 Å². The lowest BCUT2D eigenvalue weighted by atomic mass is 9.78. The van der Waals surface area contributed by atoms with Crippen molar-refractivity contribution in [2.45, 2.75) is 44.9 Å². The molecule has 1 aliphatic heterocycles. The van der Waals surface area contributed by atoms with Crippen LogP contribution in [0.3, 0.4) is 0 Å². The van der Waals surface area contributed by atoms with Gasteiger partial charge in [-0.25, -0.2) is 9.48 Å². The number of aliphatic hydroxyl groups is 1. The van der Waals surface area contributed by atoms with E-state index in [0.29, 0.717) is 29.6 Å². The Balaban J connectivity index is 1.43. The molecule has 1 aromatic carbocycles. The van der Waals surface area contributed by atoms with Gasteiger partial charge < -0.3 is 19.5 Å². The lowest BCUT2D eigenvalue weighted by molar-refractivity contribution is -0.0231. The summed E-state index contributed by atoms with van der Waals surface area (Å²) < 4.78 is 12.8. The summed E-state index contributed by atoms with van der Waals surface area (Å²) in [5.74, 6) is 1.94. The Labute approximate surface area is 170 Å². The van der Waals surface area contributed by atoms with E-state index in [1.54, 1.807) is 30.6 Å². The number of hydrogen-bond donors (Lipinski definition) is 1. The SMILES string of the molecule is CCCn1ncnc1N1C[C@H]2C[C@@H](Oc3cccc(C(=O)OC)c3)[C@H](O)C[C@H]2C1. The Bertz CT molecular complexity index is 855. The summed E-state index contributed by atoms with van der Waals surface area (Å²) in [4.78, 5) is 18.5. The van der Waals surface area contributed by atoms with Crippen molar-refractivity contribution in [1.82, 2.24) is 14.8 Å². The summed E-state index contributed by atoms with van der Waals surface area (Å²) in [7, 11) is 1.36. The molecule has 156 valence electrons. The molecule has 1 saturated heterocycles. The number of benzene rings is 1. The van der Waals surface area contributed by atoms with Gasteiger partial charge >= 0.3 is 5.97 Å². The predicted molar refractivity (Wildman–Crippen MR) is 107 cm³/mol. The average molecular weight is 400 g/mol. The van der Waals surface area contributed by atoms with Crippen molar-refractivity contribution in [2.75, 3.05) is 25.1 Å². The number of fused-ring (bicyclic) bond motifs is 1. The first-order chi connectivity index (χ1) is 14.1. The zero-order valence-electron chi connectivity index (χ0n) is 16.9. The third-order valence-electron chi connectivity index (χ3n) is 5.94. The second kappa shape index (κ2) is 8.41. The van der Waals surface area contributed by atoms with Gasteiger partial charge in [0.05, 0.1) is 18.8 Å². The third-order valence-corrected chi connectivity index (χ3v) is 5.94. The van der Waals surface area contributed by atoms with Crippen molar-refractivity contribution in [2.24, 2.45) is 11.8 Å². The molecule has 2 fully saturated rings. The number of anilines is 1. The molecule has 2 heterocycles. The number of hydrogen-bond acceptors (Lipinski definition) is 7. The van der Waals surface area contributed by atoms with Crippen LogP contribution >= 0.6 is 0 Å². The Hall–Kier alpha value is -2.61. The fourth-order valence-corrected chi connectivity index (χ4v) is 4.54. The molecule has 29 heavy (non-hydrogen) atoms. The van der Waals surface area contributed by atoms with E-state index >= 15 is 0 Å². The van der Waals surface area contributed by atoms with E-state index in [4.69, 9.17) is 9.47 Å². The van der Waals surface area contributed by atoms with Gasteiger partial charge in [-0.05, 0) is 49.3 Å². The molecular weight excluding hydrogens is 372 g/mol. The van der Waals surface area contributed by atoms with Crippen LogP contribution in [-0.4, -0.2) is 58.2 Å². The summed E-state index contributed by atoms with van der Waals surface area (Å²) in [5, 5.41) is 15.0. The lowest BCUT2D eigenvalue weighted by Crippen LogP contribution is -2.42. The number of aryl methyl sites for hydroxylation is 1. The van der Waals surface area contributed by atoms with Crippen molar-refractivity contribution in [3.63, 3.8) is 0 Å². The molecule has 1 aromatic heterocycles. The molecule has 1 saturated carbocycles. The van der Waals surface area contributed by atoms with E-state index in [-0.39, 0.29) is 6.10 Å². The highest BCUT2D eigenvalue weighted by molar-refractivity contribution is 5.89. The summed E-state index contributed by atoms with van der Waals surface area (Å²) in [6.07, 6.45) is 3.26. The van der Waals surface area contributed by atoms with Crippen molar-refractivity contribution < 1.29 is 19.4 Å². The van der Waals surface area contributed by atoms with Gasteiger partial charge in [0.2, 0.25) is 5.95 Å². The molecule has 0 bridgehead atoms. The summed E-state index contributed by atoms with van der Waals surface area (Å²) in [5.41, 5.74) is 0.440. The minimum absolute atomic E-state index is 0.294. The number of rotatable bonds is 6. The number of esters is 1. The molecule has 0 amide bonds. The van der Waals surface area contributed by atoms with Gasteiger partial charge in [0.1, 0.15) is 18.2 Å². The molecule has 1 N–H and O–H groups in total. The smallest absolute Gasteiger partial charge is 0.337 e. The summed E-state index contributed by atoms with van der Waals surface area (Å²) in [6, 6.07) is 6.92. The molecule has 1 aliphatic carbocycles. The fraction of sp³-hybridized carbons (Fsp3) is 0.571. The summed E-state index contributed by atoms with van der Waals surface area (Å²) >= 11 is 0. The van der Waals surface area contributed by atoms with E-state index in [1.165, 1.54) is 7.11 Å². The number of aliphatic hydroxyl groups excluding tert-OH is 1. The molecule has 0 radical (unpaired) electrons. The number of ether oxygens (including phenoxy) is 2. The normalized spacial score (nSPS) is 26.2. The largest absolute Gasteiger partial charge is 0.488 e. The monoisotopic (exact) mass is 400 g/mol. The van der Waals surface area contributed by atoms with Gasteiger partial charge in [-0.3, -0.25) is 0 Å². The maximum atomic E-state index is 11.7. The van der Waals surface area contributed by atoms with Crippen LogP contribution in [0.2, 0.25) is 0 Å². The van der Waals surface area contributed by atoms with Crippen LogP contribution in [0, 0.1) is 11.8 Å². The maximum Gasteiger partial charge on any atom is 0.337 e. The molecular formula is C21H28N4O4. The predicted octanol–water partition coefficient (Wildman–Crippen LogP) is 2.13. The molecule has 4 atom stereocenters. The number of nitrogens with zero attached hydrogens (tertiary/aromatic N) is 4. The van der Waals surface area contributed by atoms with Gasteiger partial charge in [0.25, 0.3) is 0 Å². The quantitative estimate of drug-likeness (QED) is 0.743. The van der Waals surface area contributed by atoms with Crippen molar-refractivity contribution in [3.05, 3.63) is 36.2 Å². The summed E-state index contributed by atoms with van der Waals surface area (Å²) in [6.45, 7) is 4.76. The van der Waals surface area contributed by atoms with E-state index in [1.807, 2.05) is 4.68 Å². The van der Waals surface area contributed by atoms with Crippen LogP contribution in [0.1, 0.15) is 36.5 Å². The van der Waals surface area contributed by atoms with Crippen LogP contribution in [0.5, 0.6) is 5.75 Å². The second-order valence-corrected chi connectivity index (χ2v) is 7.92. The molecule has 2 aromatic rings. The van der Waals surface area contributed by atoms with Crippen molar-refractivity contribution in [3.8, 4) is 5.75 Å². The number of methoxy groups -OCH3 is 1.